The second-order valence-electron chi connectivity index (χ2n) is 6.19. The normalized spacial score (nSPS) is 11.6. The van der Waals surface area contributed by atoms with Gasteiger partial charge in [0, 0.05) is 5.02 Å². The van der Waals surface area contributed by atoms with E-state index >= 15 is 0 Å². The van der Waals surface area contributed by atoms with E-state index in [1.807, 2.05) is 60.7 Å². The lowest BCUT2D eigenvalue weighted by Gasteiger charge is -2.07. The fourth-order valence-electron chi connectivity index (χ4n) is 2.56. The highest BCUT2D eigenvalue weighted by atomic mass is 35.5. The number of nitrogens with one attached hydrogen (secondary N) is 1. The molecule has 0 saturated heterocycles. The number of carbonyl (C=O) groups excluding carboxylic acids is 1. The zero-order valence-corrected chi connectivity index (χ0v) is 16.2. The first-order chi connectivity index (χ1) is 14.2. The number of ether oxygens (including phenoxy) is 1. The van der Waals surface area contributed by atoms with Gasteiger partial charge in [-0.2, -0.15) is 10.4 Å². The van der Waals surface area contributed by atoms with Crippen LogP contribution in [0.4, 0.5) is 0 Å². The Morgan fingerprint density at radius 3 is 2.41 bits per heavy atom. The molecule has 0 aliphatic heterocycles. The molecule has 144 valence electrons. The average Bonchev–Trinajstić information content (AvgIpc) is 2.75. The van der Waals surface area contributed by atoms with Gasteiger partial charge >= 0.3 is 0 Å². The monoisotopic (exact) mass is 403 g/mol. The van der Waals surface area contributed by atoms with Crippen LogP contribution in [0, 0.1) is 11.3 Å². The van der Waals surface area contributed by atoms with Gasteiger partial charge in [0.2, 0.25) is 0 Å². The van der Waals surface area contributed by atoms with Gasteiger partial charge in [0.25, 0.3) is 5.91 Å². The number of amides is 1. The third-order valence-electron chi connectivity index (χ3n) is 4.11. The highest BCUT2D eigenvalue weighted by Crippen LogP contribution is 2.16. The zero-order chi connectivity index (χ0) is 20.5. The summed E-state index contributed by atoms with van der Waals surface area (Å²) < 4.78 is 5.73. The highest BCUT2D eigenvalue weighted by Gasteiger charge is 2.19. The minimum Gasteiger partial charge on any atom is -0.489 e. The van der Waals surface area contributed by atoms with Crippen LogP contribution in [-0.4, -0.2) is 12.1 Å². The van der Waals surface area contributed by atoms with Gasteiger partial charge in [-0.15, -0.1) is 0 Å². The van der Waals surface area contributed by atoms with Crippen molar-refractivity contribution in [1.29, 1.82) is 5.26 Å². The van der Waals surface area contributed by atoms with E-state index in [2.05, 4.69) is 10.5 Å². The van der Waals surface area contributed by atoms with E-state index in [9.17, 15) is 10.1 Å². The number of hydrazone groups is 1. The minimum absolute atomic E-state index is 0.440. The van der Waals surface area contributed by atoms with E-state index in [0.717, 1.165) is 16.9 Å². The molecule has 0 aliphatic rings. The van der Waals surface area contributed by atoms with Crippen LogP contribution < -0.4 is 10.2 Å². The molecule has 6 heteroatoms. The predicted molar refractivity (Wildman–Crippen MR) is 113 cm³/mol. The Morgan fingerprint density at radius 1 is 1.07 bits per heavy atom. The Labute approximate surface area is 174 Å². The summed E-state index contributed by atoms with van der Waals surface area (Å²) in [5.74, 6) is -0.662. The average molecular weight is 404 g/mol. The molecular weight excluding hydrogens is 386 g/mol. The highest BCUT2D eigenvalue weighted by molar-refractivity contribution is 6.30. The molecule has 3 aromatic carbocycles. The van der Waals surface area contributed by atoms with Crippen LogP contribution in [0.3, 0.4) is 0 Å². The van der Waals surface area contributed by atoms with Gasteiger partial charge in [0.05, 0.1) is 12.3 Å². The Balaban J connectivity index is 1.52. The van der Waals surface area contributed by atoms with Crippen LogP contribution in [0.15, 0.2) is 84.0 Å². The first-order valence-corrected chi connectivity index (χ1v) is 9.28. The summed E-state index contributed by atoms with van der Waals surface area (Å²) >= 11 is 5.87. The molecule has 0 spiro atoms. The summed E-state index contributed by atoms with van der Waals surface area (Å²) in [6, 6.07) is 25.6. The lowest BCUT2D eigenvalue weighted by atomic mass is 10.0. The SMILES string of the molecule is N#C[C@H](C(=O)N/N=C\c1ccc(OCc2ccc(Cl)cc2)cc1)c1ccccc1. The number of hydrogen-bond donors (Lipinski definition) is 1. The van der Waals surface area contributed by atoms with Crippen LogP contribution in [-0.2, 0) is 11.4 Å². The quantitative estimate of drug-likeness (QED) is 0.460. The molecule has 3 aromatic rings. The van der Waals surface area contributed by atoms with Gasteiger partial charge in [-0.05, 0) is 53.1 Å². The molecule has 1 atom stereocenters. The Hall–Kier alpha value is -3.62. The number of nitriles is 1. The van der Waals surface area contributed by atoms with Crippen molar-refractivity contribution in [3.8, 4) is 11.8 Å². The van der Waals surface area contributed by atoms with E-state index in [1.54, 1.807) is 24.3 Å². The molecule has 0 saturated carbocycles. The smallest absolute Gasteiger partial charge is 0.261 e. The summed E-state index contributed by atoms with van der Waals surface area (Å²) in [5, 5.41) is 13.9. The van der Waals surface area contributed by atoms with Crippen molar-refractivity contribution in [2.75, 3.05) is 0 Å². The number of hydrogen-bond acceptors (Lipinski definition) is 4. The molecule has 5 nitrogen and oxygen atoms in total. The molecule has 0 unspecified atom stereocenters. The Bertz CT molecular complexity index is 1010. The van der Waals surface area contributed by atoms with Crippen LogP contribution in [0.5, 0.6) is 5.75 Å². The maximum absolute atomic E-state index is 12.2. The van der Waals surface area contributed by atoms with Crippen LogP contribution in [0.25, 0.3) is 0 Å². The lowest BCUT2D eigenvalue weighted by Crippen LogP contribution is -2.24. The maximum atomic E-state index is 12.2. The van der Waals surface area contributed by atoms with Gasteiger partial charge in [0.1, 0.15) is 12.4 Å². The number of nitrogens with zero attached hydrogens (tertiary/aromatic N) is 2. The lowest BCUT2D eigenvalue weighted by molar-refractivity contribution is -0.121. The topological polar surface area (TPSA) is 74.5 Å². The Morgan fingerprint density at radius 2 is 1.76 bits per heavy atom. The molecule has 1 amide bonds. The van der Waals surface area contributed by atoms with Crippen molar-refractivity contribution >= 4 is 23.7 Å². The van der Waals surface area contributed by atoms with Gasteiger partial charge in [0.15, 0.2) is 5.92 Å². The summed E-state index contributed by atoms with van der Waals surface area (Å²) in [6.45, 7) is 0.440. The molecule has 3 rings (SSSR count). The first-order valence-electron chi connectivity index (χ1n) is 8.90. The van der Waals surface area contributed by atoms with Crippen molar-refractivity contribution in [1.82, 2.24) is 5.43 Å². The maximum Gasteiger partial charge on any atom is 0.261 e. The predicted octanol–water partition coefficient (Wildman–Crippen LogP) is 4.68. The third kappa shape index (κ3) is 5.93. The number of carbonyl (C=O) groups is 1. The second-order valence-corrected chi connectivity index (χ2v) is 6.63. The van der Waals surface area contributed by atoms with Crippen molar-refractivity contribution in [3.05, 3.63) is 101 Å². The van der Waals surface area contributed by atoms with E-state index in [1.165, 1.54) is 6.21 Å². The van der Waals surface area contributed by atoms with Gasteiger partial charge in [-0.3, -0.25) is 4.79 Å². The van der Waals surface area contributed by atoms with Crippen LogP contribution in [0.2, 0.25) is 5.02 Å². The van der Waals surface area contributed by atoms with Crippen molar-refractivity contribution in [2.24, 2.45) is 5.10 Å². The van der Waals surface area contributed by atoms with Crippen molar-refractivity contribution < 1.29 is 9.53 Å². The van der Waals surface area contributed by atoms with Crippen molar-refractivity contribution in [2.45, 2.75) is 12.5 Å². The van der Waals surface area contributed by atoms with E-state index in [4.69, 9.17) is 16.3 Å². The fraction of sp³-hybridized carbons (Fsp3) is 0.0870. The molecule has 29 heavy (non-hydrogen) atoms. The summed E-state index contributed by atoms with van der Waals surface area (Å²) in [4.78, 5) is 12.2. The number of benzene rings is 3. The van der Waals surface area contributed by atoms with E-state index < -0.39 is 11.8 Å². The summed E-state index contributed by atoms with van der Waals surface area (Å²) in [5.41, 5.74) is 4.85. The summed E-state index contributed by atoms with van der Waals surface area (Å²) in [7, 11) is 0. The molecule has 0 bridgehead atoms. The molecule has 0 aromatic heterocycles. The first kappa shape index (κ1) is 20.1. The van der Waals surface area contributed by atoms with Gasteiger partial charge in [-0.1, -0.05) is 54.1 Å². The van der Waals surface area contributed by atoms with E-state index in [-0.39, 0.29) is 0 Å². The number of rotatable bonds is 7. The largest absolute Gasteiger partial charge is 0.489 e. The molecule has 0 fully saturated rings. The summed E-state index contributed by atoms with van der Waals surface area (Å²) in [6.07, 6.45) is 1.51. The molecule has 0 heterocycles. The fourth-order valence-corrected chi connectivity index (χ4v) is 2.69. The second kappa shape index (κ2) is 10.1. The molecular formula is C23H18ClN3O2. The molecule has 1 N–H and O–H groups in total. The van der Waals surface area contributed by atoms with Crippen LogP contribution >= 0.6 is 11.6 Å². The van der Waals surface area contributed by atoms with Crippen LogP contribution in [0.1, 0.15) is 22.6 Å². The molecule has 0 aliphatic carbocycles. The standard InChI is InChI=1S/C23H18ClN3O2/c24-20-10-6-18(7-11-20)16-29-21-12-8-17(9-13-21)15-26-27-23(28)22(14-25)19-4-2-1-3-5-19/h1-13,15,22H,16H2,(H,27,28)/b26-15-/t22-/m0/s1. The van der Waals surface area contributed by atoms with Crippen molar-refractivity contribution in [3.63, 3.8) is 0 Å². The third-order valence-corrected chi connectivity index (χ3v) is 4.36. The van der Waals surface area contributed by atoms with E-state index in [0.29, 0.717) is 17.2 Å². The number of halogens is 1. The Kier molecular flexibility index (Phi) is 6.99. The zero-order valence-electron chi connectivity index (χ0n) is 15.5. The molecule has 0 radical (unpaired) electrons. The van der Waals surface area contributed by atoms with Gasteiger partial charge < -0.3 is 4.74 Å². The van der Waals surface area contributed by atoms with Gasteiger partial charge in [-0.25, -0.2) is 5.43 Å². The minimum atomic E-state index is -0.906.